The van der Waals surface area contributed by atoms with E-state index in [1.807, 2.05) is 41.5 Å². The van der Waals surface area contributed by atoms with Gasteiger partial charge in [-0.3, -0.25) is 0 Å². The summed E-state index contributed by atoms with van der Waals surface area (Å²) in [6.45, 7) is 64.3. The Kier molecular flexibility index (Phi) is 39.2. The van der Waals surface area contributed by atoms with Gasteiger partial charge in [-0.05, 0) is 152 Å². The normalized spacial score (nSPS) is 16.6. The lowest BCUT2D eigenvalue weighted by Crippen LogP contribution is -2.32. The maximum Gasteiger partial charge on any atom is -0.00667 e. The number of rotatable bonds is 16. The molecular weight excluding hydrogens is 769 g/mol. The highest BCUT2D eigenvalue weighted by molar-refractivity contribution is 5.44. The maximum absolute atomic E-state index is 4.01. The zero-order chi connectivity index (χ0) is 51.0. The lowest BCUT2D eigenvalue weighted by molar-refractivity contribution is 0.0956. The predicted molar refractivity (Wildman–Crippen MR) is 302 cm³/mol. The Bertz CT molecular complexity index is 1460. The first-order valence-electron chi connectivity index (χ1n) is 27.0. The second-order valence-electron chi connectivity index (χ2n) is 21.2. The first-order chi connectivity index (χ1) is 29.9. The molecule has 64 heavy (non-hydrogen) atoms. The van der Waals surface area contributed by atoms with Crippen molar-refractivity contribution >= 4 is 0 Å². The number of benzene rings is 1. The zero-order valence-corrected chi connectivity index (χ0v) is 48.9. The molecule has 0 amide bonds. The fourth-order valence-electron chi connectivity index (χ4n) is 8.98. The predicted octanol–water partition coefficient (Wildman–Crippen LogP) is 22.8. The van der Waals surface area contributed by atoms with Crippen molar-refractivity contribution in [2.75, 3.05) is 0 Å². The quantitative estimate of drug-likeness (QED) is 0.145. The van der Waals surface area contributed by atoms with Crippen LogP contribution in [0.1, 0.15) is 273 Å². The van der Waals surface area contributed by atoms with Crippen molar-refractivity contribution in [3.63, 3.8) is 0 Å². The van der Waals surface area contributed by atoms with Crippen LogP contribution >= 0.6 is 0 Å². The standard InChI is InChI=1S/C19H32.C15H26.C13H20.C11H22.3C2H6/c1-8-9-13-19(6,7)18-16(14(2)3)11-10-12-17(18)15(4)5;1-7-14(4,5)15(6)9-8-13(11-15)10-12(2)3;1-9(2)12-7-6-8-13(10(3)4)11(12)5;1-5-7-9-11(8-6-2)10(3)4;3*1-2/h8-9,11,14-15H,10,12-13H2,1-7H3;8H,2,7,9-11H2,1,3-6H3;6-10H,1-5H3;6,8,10-11H,5,7,9H2,1-4H3;3*1-2H3/b9-8-;;;8-6-;;;. The Morgan fingerprint density at radius 2 is 1.28 bits per heavy atom. The van der Waals surface area contributed by atoms with Gasteiger partial charge in [0.1, 0.15) is 0 Å². The largest absolute Gasteiger partial charge is 0.0998 e. The molecule has 0 saturated carbocycles. The van der Waals surface area contributed by atoms with Gasteiger partial charge in [-0.15, -0.1) is 0 Å². The summed E-state index contributed by atoms with van der Waals surface area (Å²) in [6.07, 6.45) is 26.5. The maximum atomic E-state index is 4.01. The van der Waals surface area contributed by atoms with E-state index in [2.05, 4.69) is 207 Å². The molecule has 0 bridgehead atoms. The third-order valence-electron chi connectivity index (χ3n) is 13.6. The molecule has 0 aliphatic heterocycles. The van der Waals surface area contributed by atoms with Crippen LogP contribution in [0.25, 0.3) is 0 Å². The highest BCUT2D eigenvalue weighted by Crippen LogP contribution is 2.53. The molecule has 0 N–H and O–H groups in total. The Labute approximate surface area is 406 Å². The molecule has 0 spiro atoms. The van der Waals surface area contributed by atoms with E-state index in [1.165, 1.54) is 73.6 Å². The first kappa shape index (κ1) is 68.2. The molecule has 3 rings (SSSR count). The summed E-state index contributed by atoms with van der Waals surface area (Å²) in [7, 11) is 0. The van der Waals surface area contributed by atoms with Gasteiger partial charge in [0, 0.05) is 0 Å². The summed E-state index contributed by atoms with van der Waals surface area (Å²) in [5.41, 5.74) is 13.5. The van der Waals surface area contributed by atoms with Crippen LogP contribution in [0.15, 0.2) is 89.1 Å². The lowest BCUT2D eigenvalue weighted by atomic mass is 9.63. The molecule has 0 aromatic heterocycles. The highest BCUT2D eigenvalue weighted by Gasteiger charge is 2.41. The number of unbranched alkanes of at least 4 members (excludes halogenated alkanes) is 1. The minimum Gasteiger partial charge on any atom is -0.0998 e. The van der Waals surface area contributed by atoms with Crippen molar-refractivity contribution in [3.8, 4) is 0 Å². The van der Waals surface area contributed by atoms with E-state index in [0.717, 1.165) is 24.7 Å². The van der Waals surface area contributed by atoms with E-state index >= 15 is 0 Å². The Morgan fingerprint density at radius 1 is 0.766 bits per heavy atom. The average molecular weight is 888 g/mol. The molecule has 1 aromatic carbocycles. The van der Waals surface area contributed by atoms with Crippen LogP contribution in [0.5, 0.6) is 0 Å². The lowest BCUT2D eigenvalue weighted by Gasteiger charge is -2.41. The summed E-state index contributed by atoms with van der Waals surface area (Å²) in [5.74, 6) is 4.19. The summed E-state index contributed by atoms with van der Waals surface area (Å²) in [6, 6.07) is 6.66. The average Bonchev–Trinajstić information content (AvgIpc) is 3.64. The van der Waals surface area contributed by atoms with Crippen LogP contribution in [0, 0.1) is 46.8 Å². The van der Waals surface area contributed by atoms with Crippen LogP contribution in [0.3, 0.4) is 0 Å². The molecule has 2 unspecified atom stereocenters. The number of hydrogen-bond acceptors (Lipinski definition) is 0. The SMILES string of the molecule is C/C=C\C(CCCC)C(C)C.C/C=C\CC(C)(C)C1=C(C(C)C)CCC=C1C(C)C.C=C(C)CC1=CCC(C)(C(C)(C)CC)C1.CC.CC.CC.Cc1c(C(C)C)cccc1C(C)C. The zero-order valence-electron chi connectivity index (χ0n) is 48.9. The van der Waals surface area contributed by atoms with Crippen molar-refractivity contribution in [1.29, 1.82) is 0 Å². The molecule has 0 fully saturated rings. The van der Waals surface area contributed by atoms with Crippen molar-refractivity contribution < 1.29 is 0 Å². The van der Waals surface area contributed by atoms with Gasteiger partial charge >= 0.3 is 0 Å². The molecule has 374 valence electrons. The number of hydrogen-bond donors (Lipinski definition) is 0. The fraction of sp³-hybridized carbons (Fsp3) is 0.719. The Hall–Kier alpha value is -2.34. The molecule has 1 aromatic rings. The third kappa shape index (κ3) is 25.0. The van der Waals surface area contributed by atoms with Crippen LogP contribution in [-0.2, 0) is 0 Å². The van der Waals surface area contributed by atoms with E-state index in [1.54, 1.807) is 22.3 Å². The molecule has 2 aliphatic carbocycles. The second-order valence-corrected chi connectivity index (χ2v) is 21.2. The monoisotopic (exact) mass is 887 g/mol. The van der Waals surface area contributed by atoms with Crippen molar-refractivity contribution in [1.82, 2.24) is 0 Å². The molecular formula is C64H118. The Morgan fingerprint density at radius 3 is 1.66 bits per heavy atom. The van der Waals surface area contributed by atoms with Crippen LogP contribution in [0.4, 0.5) is 0 Å². The molecule has 0 heterocycles. The second kappa shape index (κ2) is 36.7. The fourth-order valence-corrected chi connectivity index (χ4v) is 8.98. The van der Waals surface area contributed by atoms with E-state index in [-0.39, 0.29) is 5.41 Å². The van der Waals surface area contributed by atoms with Crippen LogP contribution < -0.4 is 0 Å². The van der Waals surface area contributed by atoms with Crippen molar-refractivity contribution in [2.24, 2.45) is 39.9 Å². The molecule has 0 saturated heterocycles. The van der Waals surface area contributed by atoms with Gasteiger partial charge in [-0.25, -0.2) is 0 Å². The van der Waals surface area contributed by atoms with Crippen LogP contribution in [0.2, 0.25) is 0 Å². The van der Waals surface area contributed by atoms with Crippen molar-refractivity contribution in [2.45, 2.75) is 263 Å². The van der Waals surface area contributed by atoms with Gasteiger partial charge in [0.25, 0.3) is 0 Å². The van der Waals surface area contributed by atoms with Crippen molar-refractivity contribution in [3.05, 3.63) is 106 Å². The van der Waals surface area contributed by atoms with Crippen LogP contribution in [-0.4, -0.2) is 0 Å². The van der Waals surface area contributed by atoms with Gasteiger partial charge in [-0.2, -0.15) is 0 Å². The van der Waals surface area contributed by atoms with E-state index in [4.69, 9.17) is 0 Å². The van der Waals surface area contributed by atoms with E-state index < -0.39 is 0 Å². The third-order valence-corrected chi connectivity index (χ3v) is 13.6. The van der Waals surface area contributed by atoms with E-state index in [0.29, 0.717) is 34.5 Å². The summed E-state index contributed by atoms with van der Waals surface area (Å²) in [5, 5.41) is 0. The summed E-state index contributed by atoms with van der Waals surface area (Å²) >= 11 is 0. The molecule has 0 heteroatoms. The van der Waals surface area contributed by atoms with Gasteiger partial charge in [-0.1, -0.05) is 256 Å². The smallest absolute Gasteiger partial charge is 0.00667 e. The molecule has 0 nitrogen and oxygen atoms in total. The minimum absolute atomic E-state index is 0.253. The van der Waals surface area contributed by atoms with Gasteiger partial charge in [0.05, 0.1) is 0 Å². The number of allylic oxidation sites excluding steroid dienone is 11. The van der Waals surface area contributed by atoms with Gasteiger partial charge in [0.15, 0.2) is 0 Å². The molecule has 0 radical (unpaired) electrons. The molecule has 2 aliphatic rings. The van der Waals surface area contributed by atoms with E-state index in [9.17, 15) is 0 Å². The topological polar surface area (TPSA) is 0 Å². The summed E-state index contributed by atoms with van der Waals surface area (Å²) in [4.78, 5) is 0. The minimum atomic E-state index is 0.253. The van der Waals surface area contributed by atoms with Gasteiger partial charge in [0.2, 0.25) is 0 Å². The Balaban J connectivity index is -0.000000366. The molecule has 2 atom stereocenters. The first-order valence-corrected chi connectivity index (χ1v) is 27.0. The summed E-state index contributed by atoms with van der Waals surface area (Å²) < 4.78 is 0. The highest BCUT2D eigenvalue weighted by atomic mass is 14.5. The van der Waals surface area contributed by atoms with Gasteiger partial charge < -0.3 is 0 Å².